The molecule has 6 rings (SSSR count). The number of carbonyl (C=O) groups is 2. The molecule has 4 aromatic carbocycles. The topological polar surface area (TPSA) is 105 Å². The Morgan fingerprint density at radius 1 is 0.557 bits per heavy atom. The van der Waals surface area contributed by atoms with E-state index in [4.69, 9.17) is 0 Å². The van der Waals surface area contributed by atoms with Gasteiger partial charge in [0.2, 0.25) is 0 Å². The van der Waals surface area contributed by atoms with Gasteiger partial charge in [0.25, 0.3) is 0 Å². The van der Waals surface area contributed by atoms with Crippen LogP contribution in [0, 0.1) is 25.5 Å². The molecule has 0 aliphatic carbocycles. The molecule has 88 heavy (non-hydrogen) atoms. The summed E-state index contributed by atoms with van der Waals surface area (Å²) in [5.74, 6) is -0.972. The van der Waals surface area contributed by atoms with E-state index < -0.39 is 137 Å². The highest BCUT2D eigenvalue weighted by Gasteiger charge is 2.48. The Balaban J connectivity index is 0.000000321. The number of nitrogens with zero attached hydrogens (tertiary/aromatic N) is 4. The van der Waals surface area contributed by atoms with Gasteiger partial charge in [-0.1, -0.05) is 24.3 Å². The molecule has 0 aromatic heterocycles. The van der Waals surface area contributed by atoms with Crippen molar-refractivity contribution in [2.75, 3.05) is 27.2 Å². The third-order valence-electron chi connectivity index (χ3n) is 16.0. The summed E-state index contributed by atoms with van der Waals surface area (Å²) in [7, 11) is -0.361. The van der Waals surface area contributed by atoms with Crippen molar-refractivity contribution in [1.29, 1.82) is 0 Å². The average molecular weight is 1300 g/mol. The van der Waals surface area contributed by atoms with E-state index in [1.54, 1.807) is 38.1 Å². The number of hydrogen-bond acceptors (Lipinski definition) is 4. The standard InChI is InChI=1S/2C31H38F7N3O2S/c2*1-8-11-29(39-44(43)28(4,5)6)12-13-41(26(18-29)25-10-9-24(32)14-19(25)2)27(42)40(7)20(3)21-15-22(30(33,34)35)17-23(16-21)31(36,37)38/h2*8-10,14-17,20,26,39H,1,11-13,18H2,2-7H3/t20-,26-,29+,44-;20-,26-,29-,44-/m11/s1. The Hall–Kier alpha value is -5.86. The van der Waals surface area contributed by atoms with Crippen LogP contribution < -0.4 is 9.44 Å². The lowest BCUT2D eigenvalue weighted by Gasteiger charge is -2.49. The van der Waals surface area contributed by atoms with Crippen LogP contribution in [0.15, 0.2) is 98.1 Å². The second-order valence-corrected chi connectivity index (χ2v) is 28.6. The average Bonchev–Trinajstić information content (AvgIpc) is 1.13. The molecule has 2 aliphatic rings. The SMILES string of the molecule is C=CC[C@@]1(N[S@](=O)C(C)(C)C)CCN(C(=O)N(C)[C@H](C)c2cc(C(F)(F)F)cc(C(F)(F)F)c2)[C@@H](c2ccc(F)cc2C)C1.C=CC[C@]1(N[S@](=O)C(C)(C)C)CCN(C(=O)N(C)[C@H](C)c2cc(C(F)(F)F)cc(C(F)(F)F)c2)[C@@H](c2ccc(F)cc2C)C1. The fourth-order valence-corrected chi connectivity index (χ4v) is 12.6. The number of urea groups is 2. The van der Waals surface area contributed by atoms with E-state index in [2.05, 4.69) is 22.6 Å². The number of amides is 4. The first-order chi connectivity index (χ1) is 40.2. The summed E-state index contributed by atoms with van der Waals surface area (Å²) in [6, 6.07) is 5.77. The number of rotatable bonds is 14. The summed E-state index contributed by atoms with van der Waals surface area (Å²) in [6.07, 6.45) is -14.9. The van der Waals surface area contributed by atoms with Gasteiger partial charge in [-0.25, -0.2) is 36.2 Å². The number of benzene rings is 4. The molecule has 2 saturated heterocycles. The van der Waals surface area contributed by atoms with Gasteiger partial charge < -0.3 is 19.6 Å². The van der Waals surface area contributed by atoms with E-state index in [9.17, 15) is 79.5 Å². The highest BCUT2D eigenvalue weighted by molar-refractivity contribution is 7.84. The van der Waals surface area contributed by atoms with Crippen molar-refractivity contribution in [2.24, 2.45) is 0 Å². The van der Waals surface area contributed by atoms with Crippen molar-refractivity contribution >= 4 is 34.0 Å². The third kappa shape index (κ3) is 17.8. The fraction of sp³-hybridized carbons (Fsp3) is 0.516. The quantitative estimate of drug-likeness (QED) is 0.0969. The van der Waals surface area contributed by atoms with Gasteiger partial charge >= 0.3 is 36.8 Å². The van der Waals surface area contributed by atoms with Gasteiger partial charge in [-0.3, -0.25) is 0 Å². The molecule has 26 heteroatoms. The minimum Gasteiger partial charge on any atom is -0.321 e. The smallest absolute Gasteiger partial charge is 0.321 e. The molecule has 10 nitrogen and oxygen atoms in total. The van der Waals surface area contributed by atoms with Gasteiger partial charge in [-0.15, -0.1) is 13.2 Å². The predicted molar refractivity (Wildman–Crippen MR) is 313 cm³/mol. The number of piperidine rings is 2. The van der Waals surface area contributed by atoms with Crippen molar-refractivity contribution in [3.8, 4) is 0 Å². The Labute approximate surface area is 510 Å². The van der Waals surface area contributed by atoms with Crippen LogP contribution in [0.5, 0.6) is 0 Å². The lowest BCUT2D eigenvalue weighted by Crippen LogP contribution is -2.58. The first-order valence-corrected chi connectivity index (χ1v) is 30.3. The normalized spacial score (nSPS) is 21.1. The van der Waals surface area contributed by atoms with Gasteiger partial charge in [0.05, 0.1) is 77.9 Å². The number of likely N-dealkylation sites (tertiary alicyclic amines) is 2. The van der Waals surface area contributed by atoms with Crippen LogP contribution in [-0.4, -0.2) is 87.8 Å². The van der Waals surface area contributed by atoms with Crippen LogP contribution in [0.25, 0.3) is 0 Å². The largest absolute Gasteiger partial charge is 0.416 e. The molecule has 2 heterocycles. The Kier molecular flexibility index (Phi) is 22.6. The van der Waals surface area contributed by atoms with Crippen molar-refractivity contribution < 1.29 is 79.5 Å². The molecular weight excluding hydrogens is 1220 g/mol. The molecular formula is C62H76F14N6O4S2. The van der Waals surface area contributed by atoms with E-state index in [1.165, 1.54) is 62.0 Å². The number of aryl methyl sites for hydroxylation is 2. The van der Waals surface area contributed by atoms with Gasteiger partial charge in [0, 0.05) is 38.3 Å². The highest BCUT2D eigenvalue weighted by atomic mass is 32.2. The zero-order valence-electron chi connectivity index (χ0n) is 51.0. The van der Waals surface area contributed by atoms with Crippen LogP contribution in [0.3, 0.4) is 0 Å². The molecule has 8 atom stereocenters. The van der Waals surface area contributed by atoms with Crippen LogP contribution in [0.4, 0.5) is 71.1 Å². The molecule has 0 bridgehead atoms. The third-order valence-corrected chi connectivity index (χ3v) is 19.5. The summed E-state index contributed by atoms with van der Waals surface area (Å²) in [5.41, 5.74) is -5.80. The van der Waals surface area contributed by atoms with Gasteiger partial charge in [-0.2, -0.15) is 52.7 Å². The van der Waals surface area contributed by atoms with E-state index in [0.29, 0.717) is 72.2 Å². The number of carbonyl (C=O) groups excluding carboxylic acids is 2. The maximum absolute atomic E-state index is 14.1. The van der Waals surface area contributed by atoms with E-state index in [0.717, 1.165) is 9.80 Å². The van der Waals surface area contributed by atoms with Crippen molar-refractivity contribution in [3.05, 3.63) is 165 Å². The minimum absolute atomic E-state index is 0.0454. The minimum atomic E-state index is -5.04. The number of alkyl halides is 12. The molecule has 488 valence electrons. The van der Waals surface area contributed by atoms with Crippen LogP contribution in [0.2, 0.25) is 0 Å². The lowest BCUT2D eigenvalue weighted by molar-refractivity contribution is -0.144. The second-order valence-electron chi connectivity index (χ2n) is 24.7. The highest BCUT2D eigenvalue weighted by Crippen LogP contribution is 2.46. The molecule has 2 fully saturated rings. The van der Waals surface area contributed by atoms with Crippen molar-refractivity contribution in [3.63, 3.8) is 0 Å². The molecule has 0 unspecified atom stereocenters. The number of nitrogens with one attached hydrogen (secondary N) is 2. The molecule has 2 aliphatic heterocycles. The summed E-state index contributed by atoms with van der Waals surface area (Å²) >= 11 is 0. The Morgan fingerprint density at radius 2 is 0.841 bits per heavy atom. The molecule has 2 N–H and O–H groups in total. The maximum Gasteiger partial charge on any atom is 0.416 e. The predicted octanol–water partition coefficient (Wildman–Crippen LogP) is 17.0. The van der Waals surface area contributed by atoms with Gasteiger partial charge in [0.1, 0.15) is 11.6 Å². The van der Waals surface area contributed by atoms with Crippen molar-refractivity contribution in [1.82, 2.24) is 29.0 Å². The fourth-order valence-electron chi connectivity index (χ4n) is 10.7. The number of hydrogen-bond donors (Lipinski definition) is 2. The zero-order valence-corrected chi connectivity index (χ0v) is 52.6. The summed E-state index contributed by atoms with van der Waals surface area (Å²) in [5, 5.41) is 0. The molecule has 0 radical (unpaired) electrons. The van der Waals surface area contributed by atoms with Gasteiger partial charge in [-0.05, 0) is 202 Å². The zero-order chi connectivity index (χ0) is 66.8. The summed E-state index contributed by atoms with van der Waals surface area (Å²) in [4.78, 5) is 33.2. The van der Waals surface area contributed by atoms with Crippen LogP contribution in [0.1, 0.15) is 174 Å². The van der Waals surface area contributed by atoms with Crippen LogP contribution >= 0.6 is 0 Å². The lowest BCUT2D eigenvalue weighted by atomic mass is 9.78. The first kappa shape index (κ1) is 72.9. The van der Waals surface area contributed by atoms with E-state index in [-0.39, 0.29) is 49.2 Å². The Bertz CT molecular complexity index is 2950. The first-order valence-electron chi connectivity index (χ1n) is 28.0. The molecule has 4 aromatic rings. The monoisotopic (exact) mass is 1300 g/mol. The molecule has 0 saturated carbocycles. The van der Waals surface area contributed by atoms with E-state index in [1.807, 2.05) is 41.5 Å². The summed E-state index contributed by atoms with van der Waals surface area (Å²) < 4.78 is 222. The van der Waals surface area contributed by atoms with E-state index >= 15 is 0 Å². The van der Waals surface area contributed by atoms with Gasteiger partial charge in [0.15, 0.2) is 0 Å². The maximum atomic E-state index is 14.1. The molecule has 0 spiro atoms. The second kappa shape index (κ2) is 27.3. The number of halogens is 14. The summed E-state index contributed by atoms with van der Waals surface area (Å²) in [6.45, 7) is 24.8. The molecule has 4 amide bonds. The van der Waals surface area contributed by atoms with Crippen molar-refractivity contribution in [2.45, 2.75) is 177 Å². The Morgan fingerprint density at radius 3 is 1.08 bits per heavy atom. The van der Waals surface area contributed by atoms with Crippen LogP contribution in [-0.2, 0) is 46.7 Å².